The highest BCUT2D eigenvalue weighted by Gasteiger charge is 2.41. The number of carbonyl (C=O) groups is 2. The minimum Gasteiger partial charge on any atom is -0.491 e. The number of hydrogen-bond acceptors (Lipinski definition) is 11. The second kappa shape index (κ2) is 21.6. The number of halogens is 2. The summed E-state index contributed by atoms with van der Waals surface area (Å²) in [6.45, 7) is 14.5. The number of carboxylic acids is 1. The molecule has 6 aromatic rings. The molecule has 0 amide bonds. The maximum Gasteiger partial charge on any atom is 0.306 e. The molecule has 2 aliphatic heterocycles. The fourth-order valence-electron chi connectivity index (χ4n) is 8.97. The van der Waals surface area contributed by atoms with Gasteiger partial charge in [0.15, 0.2) is 0 Å². The lowest BCUT2D eigenvalue weighted by atomic mass is 10.1. The first-order valence-corrected chi connectivity index (χ1v) is 26.3. The third kappa shape index (κ3) is 11.6. The number of hydrogen-bond donors (Lipinski definition) is 1. The van der Waals surface area contributed by atoms with E-state index in [9.17, 15) is 35.2 Å². The molecule has 2 saturated heterocycles. The van der Waals surface area contributed by atoms with Crippen LogP contribution >= 0.6 is 0 Å². The number of aryl methyl sites for hydroxylation is 2. The molecule has 0 unspecified atom stereocenters. The number of carboxylic acid groups (broad SMARTS) is 1. The SMILES string of the molecule is CC(C)Oc1ccc(S(=O)(=O)N2C[C@@H](C)[C@@H](n3nc(CCC(=O)O)c4ccc(F)cc43)C2)cc1.CCOC(=O)CCc1nn([C@H]2CN(S(=O)(=O)c3ccc(OC(C)C)cc3)C[C@H]2C)c2cc(F)ccc12. The molecule has 4 aromatic carbocycles. The number of aliphatic carboxylic acids is 1. The van der Waals surface area contributed by atoms with Crippen LogP contribution in [0.5, 0.6) is 11.5 Å². The molecule has 8 rings (SSSR count). The van der Waals surface area contributed by atoms with E-state index < -0.39 is 37.7 Å². The van der Waals surface area contributed by atoms with E-state index in [4.69, 9.17) is 24.4 Å². The fraction of sp³-hybridized carbons (Fsp3) is 0.440. The average Bonchev–Trinajstić information content (AvgIpc) is 4.08. The van der Waals surface area contributed by atoms with Crippen molar-refractivity contribution in [2.24, 2.45) is 11.8 Å². The zero-order valence-electron chi connectivity index (χ0n) is 40.3. The molecule has 0 radical (unpaired) electrons. The smallest absolute Gasteiger partial charge is 0.306 e. The molecule has 0 spiro atoms. The predicted octanol–water partition coefficient (Wildman–Crippen LogP) is 8.20. The van der Waals surface area contributed by atoms with E-state index in [1.807, 2.05) is 41.5 Å². The number of nitrogens with zero attached hydrogens (tertiary/aromatic N) is 6. The predicted molar refractivity (Wildman–Crippen MR) is 259 cm³/mol. The van der Waals surface area contributed by atoms with E-state index in [2.05, 4.69) is 5.10 Å². The molecule has 0 bridgehead atoms. The fourth-order valence-corrected chi connectivity index (χ4v) is 12.1. The molecule has 2 aliphatic rings. The normalized spacial score (nSPS) is 19.0. The standard InChI is InChI=1S/C26H32FN3O5S.C24H28FN3O5S/c1-5-34-26(31)13-12-23-22-11-6-19(27)14-24(22)30(28-23)25-16-29(15-18(25)4)36(32,33)21-9-7-20(8-10-21)35-17(2)3;1-15(2)33-18-5-7-19(8-6-18)34(31,32)27-13-16(3)23(14-27)28-22-12-17(25)4-9-20(22)21(26-28)10-11-24(29)30/h6-11,14,17-18,25H,5,12-13,15-16H2,1-4H3;4-9,12,15-16,23H,10-11,13-14H2,1-3H3,(H,29,30)/t18-,25+;16-,23+/m11/s1. The number of ether oxygens (including phenoxy) is 3. The first-order chi connectivity index (χ1) is 33.2. The maximum atomic E-state index is 14.2. The lowest BCUT2D eigenvalue weighted by Crippen LogP contribution is -2.29. The van der Waals surface area contributed by atoms with Crippen LogP contribution in [-0.2, 0) is 47.2 Å². The largest absolute Gasteiger partial charge is 0.491 e. The molecule has 2 aromatic heterocycles. The molecule has 2 fully saturated rings. The summed E-state index contributed by atoms with van der Waals surface area (Å²) in [4.78, 5) is 23.3. The zero-order chi connectivity index (χ0) is 50.7. The minimum absolute atomic E-state index is 0.0106. The highest BCUT2D eigenvalue weighted by atomic mass is 32.2. The van der Waals surface area contributed by atoms with Crippen molar-refractivity contribution in [3.05, 3.63) is 108 Å². The Bertz CT molecular complexity index is 3050. The average molecular weight is 1010 g/mol. The number of sulfonamides is 2. The van der Waals surface area contributed by atoms with Crippen LogP contribution in [0.2, 0.25) is 0 Å². The summed E-state index contributed by atoms with van der Waals surface area (Å²) in [5, 5.41) is 19.8. The monoisotopic (exact) mass is 1010 g/mol. The van der Waals surface area contributed by atoms with Crippen molar-refractivity contribution in [3.8, 4) is 11.5 Å². The van der Waals surface area contributed by atoms with Crippen LogP contribution in [0, 0.1) is 23.5 Å². The molecule has 1 N–H and O–H groups in total. The summed E-state index contributed by atoms with van der Waals surface area (Å²) < 4.78 is 104. The van der Waals surface area contributed by atoms with Crippen LogP contribution in [-0.4, -0.2) is 107 Å². The maximum absolute atomic E-state index is 14.2. The highest BCUT2D eigenvalue weighted by Crippen LogP contribution is 2.37. The van der Waals surface area contributed by atoms with Gasteiger partial charge in [0, 0.05) is 49.8 Å². The third-order valence-corrected chi connectivity index (χ3v) is 16.0. The van der Waals surface area contributed by atoms with Crippen molar-refractivity contribution in [1.82, 2.24) is 28.2 Å². The van der Waals surface area contributed by atoms with Crippen molar-refractivity contribution in [1.29, 1.82) is 0 Å². The summed E-state index contributed by atoms with van der Waals surface area (Å²) >= 11 is 0. The van der Waals surface area contributed by atoms with Gasteiger partial charge in [-0.2, -0.15) is 18.8 Å². The van der Waals surface area contributed by atoms with E-state index in [1.165, 1.54) is 45.0 Å². The van der Waals surface area contributed by atoms with Crippen molar-refractivity contribution in [3.63, 3.8) is 0 Å². The molecule has 0 aliphatic carbocycles. The van der Waals surface area contributed by atoms with E-state index in [-0.39, 0.29) is 84.2 Å². The van der Waals surface area contributed by atoms with E-state index in [0.29, 0.717) is 65.4 Å². The van der Waals surface area contributed by atoms with Gasteiger partial charge < -0.3 is 19.3 Å². The van der Waals surface area contributed by atoms with Crippen LogP contribution in [0.25, 0.3) is 21.8 Å². The number of aromatic nitrogens is 4. The van der Waals surface area contributed by atoms with Gasteiger partial charge in [0.1, 0.15) is 23.1 Å². The second-order valence-corrected chi connectivity index (χ2v) is 22.2. The van der Waals surface area contributed by atoms with Crippen molar-refractivity contribution in [2.45, 2.75) is 108 Å². The Kier molecular flexibility index (Phi) is 16.0. The third-order valence-electron chi connectivity index (χ3n) is 12.3. The molecule has 4 atom stereocenters. The molecule has 70 heavy (non-hydrogen) atoms. The summed E-state index contributed by atoms with van der Waals surface area (Å²) in [6, 6.07) is 20.9. The first-order valence-electron chi connectivity index (χ1n) is 23.4. The second-order valence-electron chi connectivity index (χ2n) is 18.3. The van der Waals surface area contributed by atoms with E-state index in [0.717, 1.165) is 5.39 Å². The van der Waals surface area contributed by atoms with E-state index in [1.54, 1.807) is 64.8 Å². The van der Waals surface area contributed by atoms with Crippen molar-refractivity contribution < 1.29 is 54.5 Å². The Hall–Kier alpha value is -5.96. The highest BCUT2D eigenvalue weighted by molar-refractivity contribution is 7.89. The summed E-state index contributed by atoms with van der Waals surface area (Å²) in [5.41, 5.74) is 2.34. The van der Waals surface area contributed by atoms with Crippen LogP contribution < -0.4 is 9.47 Å². The Labute approximate surface area is 407 Å². The van der Waals surface area contributed by atoms with Gasteiger partial charge in [0.25, 0.3) is 0 Å². The number of carbonyl (C=O) groups excluding carboxylic acids is 1. The van der Waals surface area contributed by atoms with Gasteiger partial charge in [-0.25, -0.2) is 25.6 Å². The zero-order valence-corrected chi connectivity index (χ0v) is 41.9. The van der Waals surface area contributed by atoms with Crippen molar-refractivity contribution >= 4 is 53.8 Å². The summed E-state index contributed by atoms with van der Waals surface area (Å²) in [7, 11) is -7.49. The first kappa shape index (κ1) is 51.9. The molecular formula is C50H60F2N6O10S2. The number of fused-ring (bicyclic) bond motifs is 2. The van der Waals surface area contributed by atoms with Crippen LogP contribution in [0.3, 0.4) is 0 Å². The quantitative estimate of drug-likeness (QED) is 0.0863. The van der Waals surface area contributed by atoms with Gasteiger partial charge in [-0.1, -0.05) is 13.8 Å². The van der Waals surface area contributed by atoms with Gasteiger partial charge in [0.05, 0.1) is 76.0 Å². The summed E-state index contributed by atoms with van der Waals surface area (Å²) in [5.74, 6) is -1.04. The number of rotatable bonds is 17. The Morgan fingerprint density at radius 3 is 1.41 bits per heavy atom. The van der Waals surface area contributed by atoms with Crippen LogP contribution in [0.1, 0.15) is 84.8 Å². The van der Waals surface area contributed by atoms with Crippen LogP contribution in [0.4, 0.5) is 8.78 Å². The molecule has 0 saturated carbocycles. The topological polar surface area (TPSA) is 192 Å². The molecule has 16 nitrogen and oxygen atoms in total. The molecule has 376 valence electrons. The van der Waals surface area contributed by atoms with Gasteiger partial charge in [-0.3, -0.25) is 19.0 Å². The minimum atomic E-state index is -3.75. The molecule has 4 heterocycles. The van der Waals surface area contributed by atoms with E-state index >= 15 is 0 Å². The Balaban J connectivity index is 0.000000207. The van der Waals surface area contributed by atoms with Gasteiger partial charge in [0.2, 0.25) is 20.0 Å². The summed E-state index contributed by atoms with van der Waals surface area (Å²) in [6.07, 6.45) is 0.593. The number of benzene rings is 4. The van der Waals surface area contributed by atoms with Crippen molar-refractivity contribution in [2.75, 3.05) is 32.8 Å². The molecule has 20 heteroatoms. The van der Waals surface area contributed by atoms with Gasteiger partial charge in [-0.05, 0) is 131 Å². The Morgan fingerprint density at radius 1 is 0.643 bits per heavy atom. The Morgan fingerprint density at radius 2 is 1.04 bits per heavy atom. The number of esters is 1. The lowest BCUT2D eigenvalue weighted by molar-refractivity contribution is -0.143. The van der Waals surface area contributed by atoms with Gasteiger partial charge in [-0.15, -0.1) is 0 Å². The van der Waals surface area contributed by atoms with Gasteiger partial charge >= 0.3 is 11.9 Å². The lowest BCUT2D eigenvalue weighted by Gasteiger charge is -2.18. The van der Waals surface area contributed by atoms with Crippen LogP contribution in [0.15, 0.2) is 94.7 Å². The molecular weight excluding hydrogens is 947 g/mol.